The number of hydrogen-bond donors (Lipinski definition) is 0. The number of fused-ring (bicyclic) bond motifs is 5. The summed E-state index contributed by atoms with van der Waals surface area (Å²) in [6.45, 7) is 5.41. The van der Waals surface area contributed by atoms with Crippen LogP contribution in [0.5, 0.6) is 0 Å². The first-order valence-corrected chi connectivity index (χ1v) is 11.0. The lowest BCUT2D eigenvalue weighted by Crippen LogP contribution is -2.53. The quantitative estimate of drug-likeness (QED) is 0.452. The lowest BCUT2D eigenvalue weighted by Gasteiger charge is -2.62. The zero-order valence-corrected chi connectivity index (χ0v) is 15.7. The smallest absolute Gasteiger partial charge is 0.0266 e. The molecule has 0 saturated heterocycles. The third-order valence-corrected chi connectivity index (χ3v) is 10.4. The zero-order valence-electron chi connectivity index (χ0n) is 15.7. The Hall–Kier alpha value is 0. The summed E-state index contributed by atoms with van der Waals surface area (Å²) < 4.78 is 0. The third-order valence-electron chi connectivity index (χ3n) is 10.4. The molecule has 130 valence electrons. The van der Waals surface area contributed by atoms with Gasteiger partial charge in [0.2, 0.25) is 0 Å². The van der Waals surface area contributed by atoms with E-state index >= 15 is 0 Å². The molecule has 0 aliphatic heterocycles. The molecule has 5 fully saturated rings. The molecule has 0 aromatic carbocycles. The van der Waals surface area contributed by atoms with Gasteiger partial charge in [0.25, 0.3) is 0 Å². The van der Waals surface area contributed by atoms with Gasteiger partial charge >= 0.3 is 0 Å². The molecule has 0 radical (unpaired) electrons. The topological polar surface area (TPSA) is 0 Å². The summed E-state index contributed by atoms with van der Waals surface area (Å²) in [7, 11) is 0. The van der Waals surface area contributed by atoms with Gasteiger partial charge < -0.3 is 0 Å². The number of rotatable bonds is 0. The van der Waals surface area contributed by atoms with Gasteiger partial charge in [-0.25, -0.2) is 0 Å². The highest BCUT2D eigenvalue weighted by Crippen LogP contribution is 2.68. The van der Waals surface area contributed by atoms with Crippen molar-refractivity contribution in [1.29, 1.82) is 0 Å². The largest absolute Gasteiger partial charge is 0.0594 e. The zero-order chi connectivity index (χ0) is 15.7. The molecule has 5 saturated carbocycles. The van der Waals surface area contributed by atoms with Crippen molar-refractivity contribution >= 4 is 0 Å². The first-order chi connectivity index (χ1) is 11.0. The highest BCUT2D eigenvalue weighted by atomic mass is 14.6. The summed E-state index contributed by atoms with van der Waals surface area (Å²) in [6, 6.07) is 0. The Kier molecular flexibility index (Phi) is 3.33. The van der Waals surface area contributed by atoms with Gasteiger partial charge in [-0.15, -0.1) is 0 Å². The Morgan fingerprint density at radius 2 is 1.48 bits per heavy atom. The van der Waals surface area contributed by atoms with Crippen LogP contribution >= 0.6 is 0 Å². The van der Waals surface area contributed by atoms with Crippen LogP contribution in [0.2, 0.25) is 0 Å². The summed E-state index contributed by atoms with van der Waals surface area (Å²) >= 11 is 0. The SMILES string of the molecule is CC12CCCC1C1CCC3CC4(CCCC4)CCC3(C)C1CC2. The molecule has 5 aliphatic rings. The van der Waals surface area contributed by atoms with Crippen molar-refractivity contribution in [2.24, 2.45) is 39.9 Å². The Balaban J connectivity index is 1.41. The van der Waals surface area contributed by atoms with E-state index in [0.29, 0.717) is 0 Å². The molecule has 23 heavy (non-hydrogen) atoms. The van der Waals surface area contributed by atoms with Gasteiger partial charge in [-0.05, 0) is 111 Å². The molecule has 6 atom stereocenters. The molecule has 0 heterocycles. The van der Waals surface area contributed by atoms with E-state index in [1.54, 1.807) is 70.6 Å². The summed E-state index contributed by atoms with van der Waals surface area (Å²) in [4.78, 5) is 0. The standard InChI is InChI=1S/C23H38/c1-21-10-5-6-19(21)18-8-7-17-16-23(11-3-4-12-23)15-14-22(17,2)20(18)9-13-21/h17-20H,3-16H2,1-2H3. The van der Waals surface area contributed by atoms with Crippen LogP contribution in [0.1, 0.15) is 104 Å². The fourth-order valence-electron chi connectivity index (χ4n) is 8.99. The van der Waals surface area contributed by atoms with Crippen molar-refractivity contribution in [2.45, 2.75) is 104 Å². The van der Waals surface area contributed by atoms with Crippen LogP contribution in [0.4, 0.5) is 0 Å². The van der Waals surface area contributed by atoms with Crippen LogP contribution in [0, 0.1) is 39.9 Å². The van der Waals surface area contributed by atoms with Crippen molar-refractivity contribution in [3.05, 3.63) is 0 Å². The van der Waals surface area contributed by atoms with E-state index in [9.17, 15) is 0 Å². The first kappa shape index (κ1) is 15.3. The van der Waals surface area contributed by atoms with Crippen LogP contribution in [-0.2, 0) is 0 Å². The molecule has 5 aliphatic carbocycles. The lowest BCUT2D eigenvalue weighted by molar-refractivity contribution is -0.124. The normalized spacial score (nSPS) is 54.5. The van der Waals surface area contributed by atoms with E-state index in [4.69, 9.17) is 0 Å². The van der Waals surface area contributed by atoms with Crippen molar-refractivity contribution in [2.75, 3.05) is 0 Å². The Morgan fingerprint density at radius 3 is 2.30 bits per heavy atom. The van der Waals surface area contributed by atoms with Crippen LogP contribution in [0.15, 0.2) is 0 Å². The summed E-state index contributed by atoms with van der Waals surface area (Å²) in [5.74, 6) is 4.38. The average molecular weight is 315 g/mol. The molecule has 0 heteroatoms. The Labute approximate surface area is 144 Å². The molecule has 5 rings (SSSR count). The molecule has 0 aromatic heterocycles. The molecule has 0 aromatic rings. The molecule has 1 spiro atoms. The van der Waals surface area contributed by atoms with E-state index in [2.05, 4.69) is 13.8 Å². The van der Waals surface area contributed by atoms with Gasteiger partial charge in [0.15, 0.2) is 0 Å². The fourth-order valence-corrected chi connectivity index (χ4v) is 8.99. The van der Waals surface area contributed by atoms with Crippen molar-refractivity contribution in [3.8, 4) is 0 Å². The second-order valence-corrected chi connectivity index (χ2v) is 11.2. The highest BCUT2D eigenvalue weighted by Gasteiger charge is 2.59. The number of hydrogen-bond acceptors (Lipinski definition) is 0. The van der Waals surface area contributed by atoms with E-state index in [-0.39, 0.29) is 0 Å². The van der Waals surface area contributed by atoms with E-state index in [0.717, 1.165) is 39.9 Å². The lowest BCUT2D eigenvalue weighted by atomic mass is 9.43. The minimum absolute atomic E-state index is 0.723. The average Bonchev–Trinajstić information content (AvgIpc) is 3.15. The maximum atomic E-state index is 2.76. The van der Waals surface area contributed by atoms with E-state index in [1.165, 1.54) is 19.3 Å². The molecule has 0 nitrogen and oxygen atoms in total. The second-order valence-electron chi connectivity index (χ2n) is 11.2. The minimum Gasteiger partial charge on any atom is -0.0594 e. The van der Waals surface area contributed by atoms with Crippen molar-refractivity contribution in [3.63, 3.8) is 0 Å². The first-order valence-electron chi connectivity index (χ1n) is 11.0. The molecule has 0 N–H and O–H groups in total. The summed E-state index contributed by atoms with van der Waals surface area (Å²) in [6.07, 6.45) is 22.0. The van der Waals surface area contributed by atoms with Crippen LogP contribution in [0.25, 0.3) is 0 Å². The van der Waals surface area contributed by atoms with Crippen molar-refractivity contribution < 1.29 is 0 Å². The second kappa shape index (κ2) is 5.01. The molecule has 0 amide bonds. The predicted octanol–water partition coefficient (Wildman–Crippen LogP) is 6.98. The molecule has 0 bridgehead atoms. The maximum absolute atomic E-state index is 2.76. The van der Waals surface area contributed by atoms with Crippen LogP contribution in [-0.4, -0.2) is 0 Å². The monoisotopic (exact) mass is 314 g/mol. The fraction of sp³-hybridized carbons (Fsp3) is 1.00. The predicted molar refractivity (Wildman–Crippen MR) is 97.2 cm³/mol. The minimum atomic E-state index is 0.723. The maximum Gasteiger partial charge on any atom is -0.0266 e. The van der Waals surface area contributed by atoms with Gasteiger partial charge in [-0.3, -0.25) is 0 Å². The Bertz CT molecular complexity index is 472. The van der Waals surface area contributed by atoms with Crippen LogP contribution in [0.3, 0.4) is 0 Å². The highest BCUT2D eigenvalue weighted by molar-refractivity contribution is 5.09. The van der Waals surface area contributed by atoms with E-state index in [1.807, 2.05) is 0 Å². The summed E-state index contributed by atoms with van der Waals surface area (Å²) in [5.41, 5.74) is 2.28. The molecular formula is C23H38. The molecule has 6 unspecified atom stereocenters. The van der Waals surface area contributed by atoms with Gasteiger partial charge in [-0.2, -0.15) is 0 Å². The van der Waals surface area contributed by atoms with Gasteiger partial charge in [-0.1, -0.05) is 33.1 Å². The Morgan fingerprint density at radius 1 is 0.652 bits per heavy atom. The van der Waals surface area contributed by atoms with E-state index < -0.39 is 0 Å². The van der Waals surface area contributed by atoms with Crippen LogP contribution < -0.4 is 0 Å². The molecular weight excluding hydrogens is 276 g/mol. The van der Waals surface area contributed by atoms with Gasteiger partial charge in [0, 0.05) is 0 Å². The summed E-state index contributed by atoms with van der Waals surface area (Å²) in [5, 5.41) is 0. The third kappa shape index (κ3) is 2.08. The van der Waals surface area contributed by atoms with Gasteiger partial charge in [0.05, 0.1) is 0 Å². The van der Waals surface area contributed by atoms with Gasteiger partial charge in [0.1, 0.15) is 0 Å². The van der Waals surface area contributed by atoms with Crippen molar-refractivity contribution in [1.82, 2.24) is 0 Å².